The summed E-state index contributed by atoms with van der Waals surface area (Å²) in [5.41, 5.74) is 0.839. The van der Waals surface area contributed by atoms with Crippen molar-refractivity contribution in [2.24, 2.45) is 0 Å². The van der Waals surface area contributed by atoms with Crippen LogP contribution in [0.25, 0.3) is 0 Å². The molecular formula is C13H15F3O. The Kier molecular flexibility index (Phi) is 3.70. The zero-order valence-corrected chi connectivity index (χ0v) is 10.0. The summed E-state index contributed by atoms with van der Waals surface area (Å²) in [6.45, 7) is 4.30. The van der Waals surface area contributed by atoms with Crippen LogP contribution in [-0.4, -0.2) is 16.9 Å². The SMILES string of the molecule is CC1=C=CC/C=C(/C(C)(C)O)C=C1C(F)(F)F. The predicted octanol–water partition coefficient (Wildman–Crippen LogP) is 3.68. The van der Waals surface area contributed by atoms with Crippen LogP contribution < -0.4 is 0 Å². The first kappa shape index (κ1) is 13.8. The first-order valence-corrected chi connectivity index (χ1v) is 5.26. The first-order chi connectivity index (χ1) is 7.62. The highest BCUT2D eigenvalue weighted by atomic mass is 19.4. The largest absolute Gasteiger partial charge is 0.417 e. The van der Waals surface area contributed by atoms with Gasteiger partial charge in [-0.1, -0.05) is 6.08 Å². The van der Waals surface area contributed by atoms with Crippen LogP contribution in [0.2, 0.25) is 0 Å². The van der Waals surface area contributed by atoms with Gasteiger partial charge in [0, 0.05) is 5.57 Å². The van der Waals surface area contributed by atoms with Crippen molar-refractivity contribution in [1.29, 1.82) is 0 Å². The second-order valence-electron chi connectivity index (χ2n) is 4.48. The molecule has 1 rings (SSSR count). The average Bonchev–Trinajstić information content (AvgIpc) is 2.07. The average molecular weight is 244 g/mol. The molecule has 0 aromatic rings. The fourth-order valence-corrected chi connectivity index (χ4v) is 1.52. The zero-order chi connectivity index (χ0) is 13.3. The van der Waals surface area contributed by atoms with Crippen molar-refractivity contribution in [3.8, 4) is 0 Å². The number of rotatable bonds is 1. The van der Waals surface area contributed by atoms with Crippen LogP contribution in [-0.2, 0) is 0 Å². The van der Waals surface area contributed by atoms with Crippen LogP contribution in [0.1, 0.15) is 27.2 Å². The van der Waals surface area contributed by atoms with Crippen LogP contribution in [0, 0.1) is 0 Å². The highest BCUT2D eigenvalue weighted by Crippen LogP contribution is 2.34. The Morgan fingerprint density at radius 3 is 2.35 bits per heavy atom. The molecule has 0 heterocycles. The van der Waals surface area contributed by atoms with E-state index in [0.717, 1.165) is 6.08 Å². The van der Waals surface area contributed by atoms with E-state index in [1.807, 2.05) is 0 Å². The molecule has 0 spiro atoms. The Balaban J connectivity index is 3.33. The van der Waals surface area contributed by atoms with E-state index in [1.165, 1.54) is 26.8 Å². The standard InChI is InChI=1S/C13H15F3O/c1-9-6-4-5-7-10(12(2,3)17)8-11(9)13(14,15)16/h4,7-8,17H,5H2,1-3H3/b10-7+,11-8?. The Bertz CT molecular complexity index is 425. The van der Waals surface area contributed by atoms with Crippen molar-refractivity contribution in [1.82, 2.24) is 0 Å². The monoisotopic (exact) mass is 244 g/mol. The molecule has 0 saturated carbocycles. The minimum absolute atomic E-state index is 0.0346. The maximum Gasteiger partial charge on any atom is 0.417 e. The highest BCUT2D eigenvalue weighted by Gasteiger charge is 2.36. The zero-order valence-electron chi connectivity index (χ0n) is 10.0. The number of alkyl halides is 3. The summed E-state index contributed by atoms with van der Waals surface area (Å²) < 4.78 is 38.4. The fourth-order valence-electron chi connectivity index (χ4n) is 1.52. The number of hydrogen-bond acceptors (Lipinski definition) is 1. The van der Waals surface area contributed by atoms with E-state index in [2.05, 4.69) is 5.73 Å². The lowest BCUT2D eigenvalue weighted by Gasteiger charge is -2.22. The maximum absolute atomic E-state index is 12.8. The van der Waals surface area contributed by atoms with E-state index >= 15 is 0 Å². The molecular weight excluding hydrogens is 229 g/mol. The Morgan fingerprint density at radius 1 is 1.29 bits per heavy atom. The van der Waals surface area contributed by atoms with Gasteiger partial charge in [-0.3, -0.25) is 0 Å². The molecule has 0 aromatic carbocycles. The smallest absolute Gasteiger partial charge is 0.386 e. The summed E-state index contributed by atoms with van der Waals surface area (Å²) in [5.74, 6) is 0. The van der Waals surface area contributed by atoms with Gasteiger partial charge in [0.1, 0.15) is 0 Å². The van der Waals surface area contributed by atoms with Crippen LogP contribution in [0.4, 0.5) is 13.2 Å². The minimum Gasteiger partial charge on any atom is -0.386 e. The van der Waals surface area contributed by atoms with Gasteiger partial charge in [-0.25, -0.2) is 0 Å². The second-order valence-corrected chi connectivity index (χ2v) is 4.48. The third-order valence-corrected chi connectivity index (χ3v) is 2.49. The highest BCUT2D eigenvalue weighted by molar-refractivity contribution is 5.42. The van der Waals surface area contributed by atoms with Gasteiger partial charge in [-0.2, -0.15) is 13.2 Å². The van der Waals surface area contributed by atoms with Gasteiger partial charge in [0.25, 0.3) is 0 Å². The summed E-state index contributed by atoms with van der Waals surface area (Å²) >= 11 is 0. The number of hydrogen-bond donors (Lipinski definition) is 1. The molecule has 0 aliphatic heterocycles. The maximum atomic E-state index is 12.8. The molecule has 1 nitrogen and oxygen atoms in total. The van der Waals surface area contributed by atoms with Gasteiger partial charge in [0.2, 0.25) is 0 Å². The van der Waals surface area contributed by atoms with Gasteiger partial charge < -0.3 is 5.11 Å². The van der Waals surface area contributed by atoms with E-state index < -0.39 is 17.4 Å². The topological polar surface area (TPSA) is 20.2 Å². The summed E-state index contributed by atoms with van der Waals surface area (Å²) in [6.07, 6.45) is 0.116. The lowest BCUT2D eigenvalue weighted by molar-refractivity contribution is -0.0894. The molecule has 0 fully saturated rings. The molecule has 0 unspecified atom stereocenters. The summed E-state index contributed by atoms with van der Waals surface area (Å²) in [5, 5.41) is 9.81. The van der Waals surface area contributed by atoms with Gasteiger partial charge >= 0.3 is 6.18 Å². The lowest BCUT2D eigenvalue weighted by Crippen LogP contribution is -2.23. The quantitative estimate of drug-likeness (QED) is 0.698. The van der Waals surface area contributed by atoms with Crippen molar-refractivity contribution in [3.63, 3.8) is 0 Å². The third-order valence-electron chi connectivity index (χ3n) is 2.49. The van der Waals surface area contributed by atoms with Crippen molar-refractivity contribution >= 4 is 0 Å². The molecule has 4 heteroatoms. The molecule has 1 N–H and O–H groups in total. The van der Waals surface area contributed by atoms with E-state index in [0.29, 0.717) is 6.42 Å². The normalized spacial score (nSPS) is 21.0. The van der Waals surface area contributed by atoms with Crippen molar-refractivity contribution in [2.45, 2.75) is 39.0 Å². The van der Waals surface area contributed by atoms with E-state index in [9.17, 15) is 18.3 Å². The number of aliphatic hydroxyl groups is 1. The summed E-state index contributed by atoms with van der Waals surface area (Å²) in [7, 11) is 0. The second kappa shape index (κ2) is 4.55. The summed E-state index contributed by atoms with van der Waals surface area (Å²) in [6, 6.07) is 0. The third kappa shape index (κ3) is 3.62. The van der Waals surface area contributed by atoms with Crippen molar-refractivity contribution in [3.05, 3.63) is 40.7 Å². The Morgan fingerprint density at radius 2 is 1.88 bits per heavy atom. The van der Waals surface area contributed by atoms with Crippen LogP contribution in [0.5, 0.6) is 0 Å². The lowest BCUT2D eigenvalue weighted by atomic mass is 9.92. The van der Waals surface area contributed by atoms with Gasteiger partial charge in [-0.15, -0.1) is 5.73 Å². The fraction of sp³-hybridized carbons (Fsp3) is 0.462. The summed E-state index contributed by atoms with van der Waals surface area (Å²) in [4.78, 5) is 0. The van der Waals surface area contributed by atoms with Crippen molar-refractivity contribution < 1.29 is 18.3 Å². The van der Waals surface area contributed by atoms with E-state index in [1.54, 1.807) is 6.08 Å². The minimum atomic E-state index is -4.44. The molecule has 1 aliphatic carbocycles. The molecule has 1 aliphatic rings. The first-order valence-electron chi connectivity index (χ1n) is 5.26. The Labute approximate surface area is 98.6 Å². The molecule has 94 valence electrons. The molecule has 0 atom stereocenters. The molecule has 0 saturated heterocycles. The number of halogens is 3. The van der Waals surface area contributed by atoms with Gasteiger partial charge in [-0.05, 0) is 44.9 Å². The van der Waals surface area contributed by atoms with Crippen LogP contribution in [0.15, 0.2) is 40.7 Å². The van der Waals surface area contributed by atoms with Crippen LogP contribution >= 0.6 is 0 Å². The molecule has 0 radical (unpaired) electrons. The van der Waals surface area contributed by atoms with E-state index in [4.69, 9.17) is 0 Å². The predicted molar refractivity (Wildman–Crippen MR) is 60.4 cm³/mol. The van der Waals surface area contributed by atoms with Gasteiger partial charge in [0.15, 0.2) is 0 Å². The Hall–Kier alpha value is -1.25. The molecule has 0 aromatic heterocycles. The van der Waals surface area contributed by atoms with E-state index in [-0.39, 0.29) is 11.1 Å². The molecule has 0 amide bonds. The van der Waals surface area contributed by atoms with Crippen molar-refractivity contribution in [2.75, 3.05) is 0 Å². The molecule has 17 heavy (non-hydrogen) atoms. The molecule has 0 bridgehead atoms. The number of allylic oxidation sites excluding steroid dienone is 3. The van der Waals surface area contributed by atoms with Gasteiger partial charge in [0.05, 0.1) is 11.2 Å². The van der Waals surface area contributed by atoms with Crippen LogP contribution in [0.3, 0.4) is 0 Å².